The molecule has 1 fully saturated rings. The highest BCUT2D eigenvalue weighted by Gasteiger charge is 2.19. The molecule has 0 atom stereocenters. The van der Waals surface area contributed by atoms with E-state index in [1.807, 2.05) is 0 Å². The molecule has 128 valence electrons. The first-order chi connectivity index (χ1) is 11.8. The monoisotopic (exact) mass is 324 g/mol. The largest absolute Gasteiger partial charge is 0.396 e. The molecule has 2 aromatic carbocycles. The molecule has 3 heteroatoms. The highest BCUT2D eigenvalue weighted by molar-refractivity contribution is 5.51. The van der Waals surface area contributed by atoms with Crippen LogP contribution >= 0.6 is 0 Å². The van der Waals surface area contributed by atoms with Gasteiger partial charge in [-0.25, -0.2) is 0 Å². The molecule has 3 rings (SSSR count). The SMILES string of the molecule is Cc1ccccc1CNc1ccccc1CN1CCC(CO)CC1. The molecule has 3 nitrogen and oxygen atoms in total. The van der Waals surface area contributed by atoms with Gasteiger partial charge in [-0.15, -0.1) is 0 Å². The maximum atomic E-state index is 9.28. The van der Waals surface area contributed by atoms with Gasteiger partial charge >= 0.3 is 0 Å². The molecule has 1 aliphatic heterocycles. The normalized spacial score (nSPS) is 16.2. The predicted molar refractivity (Wildman–Crippen MR) is 100 cm³/mol. The molecule has 0 spiro atoms. The number of anilines is 1. The van der Waals surface area contributed by atoms with Crippen LogP contribution in [0.4, 0.5) is 5.69 Å². The Morgan fingerprint density at radius 3 is 2.38 bits per heavy atom. The number of nitrogens with zero attached hydrogens (tertiary/aromatic N) is 1. The quantitative estimate of drug-likeness (QED) is 0.848. The zero-order valence-electron chi connectivity index (χ0n) is 14.5. The van der Waals surface area contributed by atoms with Crippen molar-refractivity contribution < 1.29 is 5.11 Å². The summed E-state index contributed by atoms with van der Waals surface area (Å²) in [5.74, 6) is 0.496. The molecular weight excluding hydrogens is 296 g/mol. The Bertz CT molecular complexity index is 648. The molecule has 1 saturated heterocycles. The van der Waals surface area contributed by atoms with Crippen LogP contribution in [0.2, 0.25) is 0 Å². The number of likely N-dealkylation sites (tertiary alicyclic amines) is 1. The fourth-order valence-electron chi connectivity index (χ4n) is 3.40. The predicted octanol–water partition coefficient (Wildman–Crippen LogP) is 3.81. The molecule has 24 heavy (non-hydrogen) atoms. The highest BCUT2D eigenvalue weighted by Crippen LogP contribution is 2.23. The third-order valence-electron chi connectivity index (χ3n) is 5.11. The van der Waals surface area contributed by atoms with Gasteiger partial charge in [0.1, 0.15) is 0 Å². The summed E-state index contributed by atoms with van der Waals surface area (Å²) in [6, 6.07) is 17.1. The summed E-state index contributed by atoms with van der Waals surface area (Å²) in [5.41, 5.74) is 5.25. The van der Waals surface area contributed by atoms with Gasteiger partial charge in [-0.1, -0.05) is 42.5 Å². The molecular formula is C21H28N2O. The average Bonchev–Trinajstić information content (AvgIpc) is 2.63. The molecule has 0 aliphatic carbocycles. The van der Waals surface area contributed by atoms with Crippen molar-refractivity contribution in [3.8, 4) is 0 Å². The lowest BCUT2D eigenvalue weighted by Gasteiger charge is -2.31. The van der Waals surface area contributed by atoms with E-state index < -0.39 is 0 Å². The maximum Gasteiger partial charge on any atom is 0.0460 e. The smallest absolute Gasteiger partial charge is 0.0460 e. The van der Waals surface area contributed by atoms with Crippen LogP contribution < -0.4 is 5.32 Å². The number of hydrogen-bond acceptors (Lipinski definition) is 3. The number of para-hydroxylation sites is 1. The van der Waals surface area contributed by atoms with Crippen LogP contribution in [0, 0.1) is 12.8 Å². The number of aryl methyl sites for hydroxylation is 1. The first kappa shape index (κ1) is 17.0. The van der Waals surface area contributed by atoms with E-state index in [9.17, 15) is 5.11 Å². The molecule has 2 N–H and O–H groups in total. The fraction of sp³-hybridized carbons (Fsp3) is 0.429. The Labute approximate surface area is 145 Å². The van der Waals surface area contributed by atoms with Crippen molar-refractivity contribution in [1.29, 1.82) is 0 Å². The Balaban J connectivity index is 1.62. The van der Waals surface area contributed by atoms with Gasteiger partial charge in [0.05, 0.1) is 0 Å². The lowest BCUT2D eigenvalue weighted by Crippen LogP contribution is -2.34. The summed E-state index contributed by atoms with van der Waals surface area (Å²) in [6.07, 6.45) is 2.21. The van der Waals surface area contributed by atoms with Crippen molar-refractivity contribution in [2.45, 2.75) is 32.9 Å². The first-order valence-corrected chi connectivity index (χ1v) is 8.96. The van der Waals surface area contributed by atoms with Gasteiger partial charge < -0.3 is 10.4 Å². The van der Waals surface area contributed by atoms with Crippen LogP contribution in [0.1, 0.15) is 29.5 Å². The summed E-state index contributed by atoms with van der Waals surface area (Å²) in [4.78, 5) is 2.50. The van der Waals surface area contributed by atoms with Gasteiger partial charge in [0.2, 0.25) is 0 Å². The molecule has 0 saturated carbocycles. The van der Waals surface area contributed by atoms with Crippen LogP contribution in [0.25, 0.3) is 0 Å². The summed E-state index contributed by atoms with van der Waals surface area (Å²) in [7, 11) is 0. The van der Waals surface area contributed by atoms with Crippen molar-refractivity contribution in [3.05, 3.63) is 65.2 Å². The number of benzene rings is 2. The molecule has 1 heterocycles. The molecule has 0 unspecified atom stereocenters. The Morgan fingerprint density at radius 1 is 1.00 bits per heavy atom. The average molecular weight is 324 g/mol. The van der Waals surface area contributed by atoms with Gasteiger partial charge in [-0.05, 0) is 61.5 Å². The number of aliphatic hydroxyl groups is 1. The summed E-state index contributed by atoms with van der Waals surface area (Å²) < 4.78 is 0. The van der Waals surface area contributed by atoms with E-state index in [0.29, 0.717) is 12.5 Å². The fourth-order valence-corrected chi connectivity index (χ4v) is 3.40. The van der Waals surface area contributed by atoms with Gasteiger partial charge in [0.15, 0.2) is 0 Å². The summed E-state index contributed by atoms with van der Waals surface area (Å²) >= 11 is 0. The Hall–Kier alpha value is -1.84. The molecule has 2 aromatic rings. The van der Waals surface area contributed by atoms with Crippen LogP contribution in [0.3, 0.4) is 0 Å². The van der Waals surface area contributed by atoms with Gasteiger partial charge in [0.25, 0.3) is 0 Å². The minimum absolute atomic E-state index is 0.336. The maximum absolute atomic E-state index is 9.28. The van der Waals surface area contributed by atoms with Crippen LogP contribution in [-0.2, 0) is 13.1 Å². The Morgan fingerprint density at radius 2 is 1.67 bits per heavy atom. The minimum Gasteiger partial charge on any atom is -0.396 e. The van der Waals surface area contributed by atoms with Gasteiger partial charge in [-0.3, -0.25) is 4.90 Å². The third-order valence-corrected chi connectivity index (χ3v) is 5.11. The number of piperidine rings is 1. The number of aliphatic hydroxyl groups excluding tert-OH is 1. The van der Waals surface area contributed by atoms with E-state index in [1.54, 1.807) is 0 Å². The van der Waals surface area contributed by atoms with Crippen LogP contribution in [-0.4, -0.2) is 29.7 Å². The standard InChI is InChI=1S/C21H28N2O/c1-17-6-2-3-7-19(17)14-22-21-9-5-4-8-20(21)15-23-12-10-18(16-24)11-13-23/h2-9,18,22,24H,10-16H2,1H3. The van der Waals surface area contributed by atoms with Gasteiger partial charge in [0, 0.05) is 25.4 Å². The lowest BCUT2D eigenvalue weighted by atomic mass is 9.97. The molecule has 0 amide bonds. The number of hydrogen-bond donors (Lipinski definition) is 2. The number of rotatable bonds is 6. The van der Waals surface area contributed by atoms with Crippen LogP contribution in [0.15, 0.2) is 48.5 Å². The molecule has 0 aromatic heterocycles. The van der Waals surface area contributed by atoms with E-state index in [2.05, 4.69) is 65.7 Å². The van der Waals surface area contributed by atoms with Crippen LogP contribution in [0.5, 0.6) is 0 Å². The zero-order valence-corrected chi connectivity index (χ0v) is 14.5. The van der Waals surface area contributed by atoms with Crippen molar-refractivity contribution in [2.24, 2.45) is 5.92 Å². The third kappa shape index (κ3) is 4.37. The van der Waals surface area contributed by atoms with E-state index >= 15 is 0 Å². The number of nitrogens with one attached hydrogen (secondary N) is 1. The molecule has 1 aliphatic rings. The zero-order chi connectivity index (χ0) is 16.8. The van der Waals surface area contributed by atoms with Crippen molar-refractivity contribution >= 4 is 5.69 Å². The summed E-state index contributed by atoms with van der Waals surface area (Å²) in [5, 5.41) is 12.9. The van der Waals surface area contributed by atoms with Crippen molar-refractivity contribution in [3.63, 3.8) is 0 Å². The molecule has 0 radical (unpaired) electrons. The van der Waals surface area contributed by atoms with Crippen molar-refractivity contribution in [1.82, 2.24) is 4.90 Å². The minimum atomic E-state index is 0.336. The summed E-state index contributed by atoms with van der Waals surface area (Å²) in [6.45, 7) is 6.50. The van der Waals surface area contributed by atoms with Crippen molar-refractivity contribution in [2.75, 3.05) is 25.0 Å². The van der Waals surface area contributed by atoms with Gasteiger partial charge in [-0.2, -0.15) is 0 Å². The molecule has 0 bridgehead atoms. The van der Waals surface area contributed by atoms with E-state index in [0.717, 1.165) is 39.0 Å². The topological polar surface area (TPSA) is 35.5 Å². The first-order valence-electron chi connectivity index (χ1n) is 8.96. The van der Waals surface area contributed by atoms with E-state index in [-0.39, 0.29) is 0 Å². The van der Waals surface area contributed by atoms with E-state index in [4.69, 9.17) is 0 Å². The van der Waals surface area contributed by atoms with E-state index in [1.165, 1.54) is 22.4 Å². The Kier molecular flexibility index (Phi) is 5.89. The lowest BCUT2D eigenvalue weighted by molar-refractivity contribution is 0.127. The second-order valence-corrected chi connectivity index (χ2v) is 6.84. The second-order valence-electron chi connectivity index (χ2n) is 6.84. The highest BCUT2D eigenvalue weighted by atomic mass is 16.3. The second kappa shape index (κ2) is 8.32.